The van der Waals surface area contributed by atoms with Crippen LogP contribution in [0.3, 0.4) is 0 Å². The maximum atomic E-state index is 6.10. The molecule has 0 spiro atoms. The zero-order valence-corrected chi connectivity index (χ0v) is 11.4. The quantitative estimate of drug-likeness (QED) is 0.892. The summed E-state index contributed by atoms with van der Waals surface area (Å²) in [5.41, 5.74) is 6.32. The lowest BCUT2D eigenvalue weighted by Crippen LogP contribution is -2.35. The van der Waals surface area contributed by atoms with E-state index in [1.54, 1.807) is 11.3 Å². The van der Waals surface area contributed by atoms with Gasteiger partial charge in [-0.2, -0.15) is 0 Å². The molecule has 1 heterocycles. The van der Waals surface area contributed by atoms with Gasteiger partial charge in [-0.05, 0) is 46.3 Å². The summed E-state index contributed by atoms with van der Waals surface area (Å²) in [5.74, 6) is 0. The van der Waals surface area contributed by atoms with Gasteiger partial charge < -0.3 is 5.73 Å². The van der Waals surface area contributed by atoms with Gasteiger partial charge in [0.15, 0.2) is 0 Å². The molecule has 0 bridgehead atoms. The third kappa shape index (κ3) is 3.71. The van der Waals surface area contributed by atoms with Gasteiger partial charge in [0, 0.05) is 10.9 Å². The van der Waals surface area contributed by atoms with Crippen LogP contribution in [-0.4, -0.2) is 6.04 Å². The Kier molecular flexibility index (Phi) is 4.16. The Labute approximate surface area is 98.8 Å². The van der Waals surface area contributed by atoms with E-state index >= 15 is 0 Å². The van der Waals surface area contributed by atoms with Crippen LogP contribution in [0.1, 0.15) is 32.1 Å². The summed E-state index contributed by atoms with van der Waals surface area (Å²) >= 11 is 5.27. The van der Waals surface area contributed by atoms with Gasteiger partial charge in [0.05, 0.1) is 3.79 Å². The Hall–Kier alpha value is 0.140. The topological polar surface area (TPSA) is 26.0 Å². The second kappa shape index (κ2) is 4.77. The molecular formula is C11H18BrNS. The SMILES string of the molecule is CC(C)(C)C(N)CCc1ccc(Br)s1. The van der Waals surface area contributed by atoms with Crippen LogP contribution < -0.4 is 5.73 Å². The fraction of sp³-hybridized carbons (Fsp3) is 0.636. The van der Waals surface area contributed by atoms with Crippen molar-refractivity contribution >= 4 is 27.3 Å². The van der Waals surface area contributed by atoms with Gasteiger partial charge in [-0.1, -0.05) is 20.8 Å². The van der Waals surface area contributed by atoms with E-state index in [-0.39, 0.29) is 11.5 Å². The van der Waals surface area contributed by atoms with Crippen molar-refractivity contribution in [1.82, 2.24) is 0 Å². The van der Waals surface area contributed by atoms with E-state index in [0.29, 0.717) is 0 Å². The van der Waals surface area contributed by atoms with Gasteiger partial charge in [-0.3, -0.25) is 0 Å². The van der Waals surface area contributed by atoms with Crippen LogP contribution in [0.2, 0.25) is 0 Å². The van der Waals surface area contributed by atoms with Gasteiger partial charge in [0.25, 0.3) is 0 Å². The molecule has 1 unspecified atom stereocenters. The molecule has 0 aliphatic heterocycles. The molecule has 80 valence electrons. The lowest BCUT2D eigenvalue weighted by Gasteiger charge is -2.26. The molecule has 0 aliphatic carbocycles. The van der Waals surface area contributed by atoms with Crippen LogP contribution in [0.5, 0.6) is 0 Å². The average molecular weight is 276 g/mol. The molecule has 1 nitrogen and oxygen atoms in total. The smallest absolute Gasteiger partial charge is 0.0701 e. The van der Waals surface area contributed by atoms with Crippen LogP contribution in [0.15, 0.2) is 15.9 Å². The van der Waals surface area contributed by atoms with E-state index in [4.69, 9.17) is 5.73 Å². The van der Waals surface area contributed by atoms with Gasteiger partial charge in [0.2, 0.25) is 0 Å². The summed E-state index contributed by atoms with van der Waals surface area (Å²) in [6.45, 7) is 6.59. The third-order valence-corrected chi connectivity index (χ3v) is 4.13. The molecule has 1 aromatic heterocycles. The number of nitrogens with two attached hydrogens (primary N) is 1. The van der Waals surface area contributed by atoms with Crippen molar-refractivity contribution in [2.45, 2.75) is 39.7 Å². The predicted octanol–water partition coefficient (Wildman–Crippen LogP) is 3.82. The van der Waals surface area contributed by atoms with E-state index in [0.717, 1.165) is 12.8 Å². The Balaban J connectivity index is 2.41. The fourth-order valence-corrected chi connectivity index (χ4v) is 2.72. The molecule has 0 aliphatic rings. The summed E-state index contributed by atoms with van der Waals surface area (Å²) in [6, 6.07) is 4.55. The van der Waals surface area contributed by atoms with Crippen molar-refractivity contribution < 1.29 is 0 Å². The number of aryl methyl sites for hydroxylation is 1. The summed E-state index contributed by atoms with van der Waals surface area (Å²) in [5, 5.41) is 0. The number of rotatable bonds is 3. The molecule has 0 saturated heterocycles. The molecule has 1 rings (SSSR count). The van der Waals surface area contributed by atoms with E-state index in [2.05, 4.69) is 48.8 Å². The maximum Gasteiger partial charge on any atom is 0.0701 e. The molecular weight excluding hydrogens is 258 g/mol. The molecule has 0 aromatic carbocycles. The second-order valence-electron chi connectivity index (χ2n) is 4.72. The molecule has 0 amide bonds. The monoisotopic (exact) mass is 275 g/mol. The summed E-state index contributed by atoms with van der Waals surface area (Å²) in [6.07, 6.45) is 2.16. The Morgan fingerprint density at radius 3 is 2.50 bits per heavy atom. The summed E-state index contributed by atoms with van der Waals surface area (Å²) < 4.78 is 1.21. The first kappa shape index (κ1) is 12.2. The van der Waals surface area contributed by atoms with E-state index < -0.39 is 0 Å². The third-order valence-electron chi connectivity index (χ3n) is 2.44. The molecule has 3 heteroatoms. The molecule has 0 fully saturated rings. The highest BCUT2D eigenvalue weighted by Crippen LogP contribution is 2.26. The van der Waals surface area contributed by atoms with Crippen LogP contribution in [0.4, 0.5) is 0 Å². The molecule has 2 N–H and O–H groups in total. The van der Waals surface area contributed by atoms with E-state index in [1.807, 2.05) is 0 Å². The second-order valence-corrected chi connectivity index (χ2v) is 7.26. The highest BCUT2D eigenvalue weighted by atomic mass is 79.9. The van der Waals surface area contributed by atoms with Gasteiger partial charge >= 0.3 is 0 Å². The van der Waals surface area contributed by atoms with Crippen molar-refractivity contribution in [3.63, 3.8) is 0 Å². The summed E-state index contributed by atoms with van der Waals surface area (Å²) in [7, 11) is 0. The molecule has 1 atom stereocenters. The molecule has 0 radical (unpaired) electrons. The van der Waals surface area contributed by atoms with Gasteiger partial charge in [-0.15, -0.1) is 11.3 Å². The minimum atomic E-state index is 0.217. The van der Waals surface area contributed by atoms with Crippen molar-refractivity contribution in [3.05, 3.63) is 20.8 Å². The zero-order valence-electron chi connectivity index (χ0n) is 9.01. The Bertz CT molecular complexity index is 288. The van der Waals surface area contributed by atoms with Crippen LogP contribution in [-0.2, 0) is 6.42 Å². The van der Waals surface area contributed by atoms with E-state index in [9.17, 15) is 0 Å². The van der Waals surface area contributed by atoms with Gasteiger partial charge in [-0.25, -0.2) is 0 Å². The number of thiophene rings is 1. The van der Waals surface area contributed by atoms with Crippen molar-refractivity contribution in [3.8, 4) is 0 Å². The molecule has 1 aromatic rings. The summed E-state index contributed by atoms with van der Waals surface area (Å²) in [4.78, 5) is 1.41. The maximum absolute atomic E-state index is 6.10. The van der Waals surface area contributed by atoms with Crippen LogP contribution in [0.25, 0.3) is 0 Å². The first-order valence-electron chi connectivity index (χ1n) is 4.89. The fourth-order valence-electron chi connectivity index (χ4n) is 1.22. The highest BCUT2D eigenvalue weighted by molar-refractivity contribution is 9.11. The van der Waals surface area contributed by atoms with E-state index in [1.165, 1.54) is 8.66 Å². The minimum absolute atomic E-state index is 0.217. The largest absolute Gasteiger partial charge is 0.327 e. The van der Waals surface area contributed by atoms with Crippen LogP contribution >= 0.6 is 27.3 Å². The lowest BCUT2D eigenvalue weighted by molar-refractivity contribution is 0.306. The van der Waals surface area contributed by atoms with Crippen LogP contribution in [0, 0.1) is 5.41 Å². The Morgan fingerprint density at radius 2 is 2.07 bits per heavy atom. The number of hydrogen-bond acceptors (Lipinski definition) is 2. The zero-order chi connectivity index (χ0) is 10.8. The Morgan fingerprint density at radius 1 is 1.43 bits per heavy atom. The van der Waals surface area contributed by atoms with Crippen molar-refractivity contribution in [1.29, 1.82) is 0 Å². The lowest BCUT2D eigenvalue weighted by atomic mass is 9.85. The normalized spacial score (nSPS) is 14.4. The van der Waals surface area contributed by atoms with Crippen molar-refractivity contribution in [2.24, 2.45) is 11.1 Å². The number of hydrogen-bond donors (Lipinski definition) is 1. The molecule has 0 saturated carbocycles. The average Bonchev–Trinajstić information content (AvgIpc) is 2.45. The predicted molar refractivity (Wildman–Crippen MR) is 67.8 cm³/mol. The van der Waals surface area contributed by atoms with Gasteiger partial charge in [0.1, 0.15) is 0 Å². The number of halogens is 1. The molecule has 14 heavy (non-hydrogen) atoms. The highest BCUT2D eigenvalue weighted by Gasteiger charge is 2.20. The first-order chi connectivity index (χ1) is 6.39. The standard InChI is InChI=1S/C11H18BrNS/c1-11(2,3)9(13)6-4-8-5-7-10(12)14-8/h5,7,9H,4,6,13H2,1-3H3. The van der Waals surface area contributed by atoms with Crippen molar-refractivity contribution in [2.75, 3.05) is 0 Å². The first-order valence-corrected chi connectivity index (χ1v) is 6.50. The minimum Gasteiger partial charge on any atom is -0.327 e.